The van der Waals surface area contributed by atoms with Crippen molar-refractivity contribution in [1.82, 2.24) is 31.9 Å². The number of unbranched alkanes of at least 4 members (excludes halogenated alkanes) is 5. The van der Waals surface area contributed by atoms with Crippen LogP contribution in [-0.2, 0) is 38.3 Å². The zero-order chi connectivity index (χ0) is 45.5. The summed E-state index contributed by atoms with van der Waals surface area (Å²) in [5, 5.41) is 46.3. The van der Waals surface area contributed by atoms with E-state index in [4.69, 9.17) is 4.74 Å². The van der Waals surface area contributed by atoms with Crippen LogP contribution in [0.5, 0.6) is 0 Å². The van der Waals surface area contributed by atoms with E-state index in [1.54, 1.807) is 0 Å². The minimum atomic E-state index is -1.71. The van der Waals surface area contributed by atoms with E-state index < -0.39 is 103 Å². The van der Waals surface area contributed by atoms with Gasteiger partial charge in [0, 0.05) is 0 Å². The highest BCUT2D eigenvalue weighted by atomic mass is 16.5. The molecule has 0 aromatic carbocycles. The molecule has 0 aromatic rings. The summed E-state index contributed by atoms with van der Waals surface area (Å²) in [4.78, 5) is 95.2. The van der Waals surface area contributed by atoms with Crippen molar-refractivity contribution in [3.05, 3.63) is 12.2 Å². The van der Waals surface area contributed by atoms with Crippen molar-refractivity contribution in [2.45, 2.75) is 194 Å². The summed E-state index contributed by atoms with van der Waals surface area (Å²) >= 11 is 0. The van der Waals surface area contributed by atoms with Gasteiger partial charge in [-0.15, -0.1) is 0 Å². The fraction of sp³-hybridized carbons (Fsp3) is 0.791. The molecule has 1 saturated heterocycles. The molecule has 0 aliphatic carbocycles. The zero-order valence-corrected chi connectivity index (χ0v) is 37.4. The second-order valence-corrected chi connectivity index (χ2v) is 17.3. The lowest BCUT2D eigenvalue weighted by atomic mass is 9.99. The van der Waals surface area contributed by atoms with Crippen LogP contribution >= 0.6 is 0 Å². The number of hydrogen-bond donors (Lipinski definition) is 9. The number of allylic oxidation sites excluding steroid dienone is 2. The molecule has 9 N–H and O–H groups in total. The number of nitrogens with one attached hydrogen (secondary N) is 6. The van der Waals surface area contributed by atoms with E-state index >= 15 is 0 Å². The first kappa shape index (κ1) is 53.9. The van der Waals surface area contributed by atoms with Crippen LogP contribution in [0.15, 0.2) is 12.2 Å². The third-order valence-electron chi connectivity index (χ3n) is 9.96. The topological polar surface area (TPSA) is 262 Å². The molecule has 0 spiro atoms. The minimum absolute atomic E-state index is 0.103. The van der Waals surface area contributed by atoms with Gasteiger partial charge in [-0.25, -0.2) is 4.79 Å². The second-order valence-electron chi connectivity index (χ2n) is 17.3. The van der Waals surface area contributed by atoms with Crippen LogP contribution in [0.3, 0.4) is 0 Å². The monoisotopic (exact) mass is 853 g/mol. The number of rotatable bonds is 22. The summed E-state index contributed by atoms with van der Waals surface area (Å²) in [6.45, 7) is 14.7. The molecule has 9 atom stereocenters. The van der Waals surface area contributed by atoms with Gasteiger partial charge < -0.3 is 52.0 Å². The largest absolute Gasteiger partial charge is 0.458 e. The molecular weight excluding hydrogens is 777 g/mol. The number of aliphatic hydroxyl groups is 3. The molecular formula is C43H76N6O11. The molecule has 0 bridgehead atoms. The van der Waals surface area contributed by atoms with Gasteiger partial charge in [-0.2, -0.15) is 0 Å². The fourth-order valence-corrected chi connectivity index (χ4v) is 6.69. The number of hydrogen-bond acceptors (Lipinski definition) is 11. The lowest BCUT2D eigenvalue weighted by molar-refractivity contribution is -0.156. The predicted octanol–water partition coefficient (Wildman–Crippen LogP) is 1.80. The summed E-state index contributed by atoms with van der Waals surface area (Å²) in [6, 6.07) is -8.66. The molecule has 1 fully saturated rings. The Morgan fingerprint density at radius 2 is 1.30 bits per heavy atom. The molecule has 0 saturated carbocycles. The van der Waals surface area contributed by atoms with Gasteiger partial charge in [0.05, 0.1) is 25.2 Å². The van der Waals surface area contributed by atoms with E-state index in [1.165, 1.54) is 33.1 Å². The van der Waals surface area contributed by atoms with Gasteiger partial charge in [0.25, 0.3) is 0 Å². The standard InChI is InChI=1S/C43H76N6O11/c1-10-11-12-13-14-15-16-17-18-19-30(52)23-35(53)44-31(20-25(2)3)39(55)49-37-29(9)60-43(59)33(22-27(6)7)46-38(54)32(21-26(4)5)45-41(57)36(28(8)51)48-40(56)34(24-50)47-42(37)58/h15-16,25-34,36-37,50-52H,10-14,17-24H2,1-9H3,(H,44,53)(H,45,57)(H,46,54)(H,47,58)(H,48,56)(H,49,55)/b16-15+/t28-,29-,30?,31?,32?,33?,34+,36-,37-/m0/s1. The molecule has 0 radical (unpaired) electrons. The van der Waals surface area contributed by atoms with E-state index in [2.05, 4.69) is 51.0 Å². The Hall–Kier alpha value is -4.09. The number of aliphatic hydroxyl groups excluding tert-OH is 3. The van der Waals surface area contributed by atoms with Gasteiger partial charge in [-0.3, -0.25) is 28.8 Å². The second kappa shape index (κ2) is 28.4. The SMILES string of the molecule is CCCCCC/C=C/CCCC(O)CC(=O)NC(CC(C)C)C(=O)N[C@@H]1C(=O)N[C@H](CO)C(=O)N[C@@H]([C@H](C)O)C(=O)NC(CC(C)C)C(=O)NC(CC(C)C)C(=O)O[C@H]1C. The van der Waals surface area contributed by atoms with Crippen molar-refractivity contribution in [3.63, 3.8) is 0 Å². The first-order valence-electron chi connectivity index (χ1n) is 21.8. The van der Waals surface area contributed by atoms with E-state index in [-0.39, 0.29) is 43.4 Å². The number of ether oxygens (including phenoxy) is 1. The van der Waals surface area contributed by atoms with E-state index in [0.717, 1.165) is 19.3 Å². The number of carbonyl (C=O) groups excluding carboxylic acids is 7. The van der Waals surface area contributed by atoms with Crippen molar-refractivity contribution in [2.75, 3.05) is 6.61 Å². The summed E-state index contributed by atoms with van der Waals surface area (Å²) in [7, 11) is 0. The molecule has 1 rings (SSSR count). The Morgan fingerprint density at radius 3 is 1.87 bits per heavy atom. The van der Waals surface area contributed by atoms with Crippen LogP contribution < -0.4 is 31.9 Å². The maximum Gasteiger partial charge on any atom is 0.328 e. The minimum Gasteiger partial charge on any atom is -0.458 e. The lowest BCUT2D eigenvalue weighted by Gasteiger charge is -2.31. The van der Waals surface area contributed by atoms with E-state index in [0.29, 0.717) is 12.8 Å². The van der Waals surface area contributed by atoms with Crippen molar-refractivity contribution < 1.29 is 53.6 Å². The van der Waals surface area contributed by atoms with Crippen molar-refractivity contribution in [3.8, 4) is 0 Å². The maximum absolute atomic E-state index is 13.9. The summed E-state index contributed by atoms with van der Waals surface area (Å²) in [5.41, 5.74) is 0. The van der Waals surface area contributed by atoms with Crippen LogP contribution in [0, 0.1) is 17.8 Å². The number of carbonyl (C=O) groups is 7. The smallest absolute Gasteiger partial charge is 0.328 e. The summed E-state index contributed by atoms with van der Waals surface area (Å²) in [5.74, 6) is -6.53. The quantitative estimate of drug-likeness (QED) is 0.0431. The van der Waals surface area contributed by atoms with Gasteiger partial charge in [0.15, 0.2) is 0 Å². The van der Waals surface area contributed by atoms with E-state index in [1.807, 2.05) is 41.5 Å². The molecule has 0 aromatic heterocycles. The first-order valence-corrected chi connectivity index (χ1v) is 21.8. The van der Waals surface area contributed by atoms with Crippen LogP contribution in [0.1, 0.15) is 139 Å². The molecule has 1 heterocycles. The van der Waals surface area contributed by atoms with Gasteiger partial charge in [-0.1, -0.05) is 79.9 Å². The Balaban J connectivity index is 3.41. The number of esters is 1. The lowest BCUT2D eigenvalue weighted by Crippen LogP contribution is -2.64. The average Bonchev–Trinajstić information content (AvgIpc) is 3.14. The van der Waals surface area contributed by atoms with Crippen molar-refractivity contribution in [2.24, 2.45) is 17.8 Å². The highest BCUT2D eigenvalue weighted by Crippen LogP contribution is 2.15. The van der Waals surface area contributed by atoms with Crippen LogP contribution in [0.25, 0.3) is 0 Å². The van der Waals surface area contributed by atoms with Gasteiger partial charge in [0.1, 0.15) is 42.4 Å². The Labute approximate surface area is 356 Å². The zero-order valence-electron chi connectivity index (χ0n) is 37.4. The number of cyclic esters (lactones) is 1. The van der Waals surface area contributed by atoms with E-state index in [9.17, 15) is 48.9 Å². The number of amides is 6. The highest BCUT2D eigenvalue weighted by molar-refractivity contribution is 5.97. The maximum atomic E-state index is 13.9. The third kappa shape index (κ3) is 20.9. The summed E-state index contributed by atoms with van der Waals surface area (Å²) < 4.78 is 5.72. The molecule has 1 aliphatic rings. The fourth-order valence-electron chi connectivity index (χ4n) is 6.69. The van der Waals surface area contributed by atoms with Crippen LogP contribution in [-0.4, -0.2) is 118 Å². The highest BCUT2D eigenvalue weighted by Gasteiger charge is 2.39. The first-order chi connectivity index (χ1) is 28.2. The van der Waals surface area contributed by atoms with Crippen LogP contribution in [0.2, 0.25) is 0 Å². The van der Waals surface area contributed by atoms with Gasteiger partial charge >= 0.3 is 5.97 Å². The Kier molecular flexibility index (Phi) is 25.6. The third-order valence-corrected chi connectivity index (χ3v) is 9.96. The molecule has 17 nitrogen and oxygen atoms in total. The van der Waals surface area contributed by atoms with Crippen LogP contribution in [0.4, 0.5) is 0 Å². The normalized spacial score (nSPS) is 24.0. The van der Waals surface area contributed by atoms with Crippen molar-refractivity contribution >= 4 is 41.4 Å². The Bertz CT molecular complexity index is 1400. The molecule has 1 aliphatic heterocycles. The molecule has 17 heteroatoms. The molecule has 60 heavy (non-hydrogen) atoms. The average molecular weight is 853 g/mol. The van der Waals surface area contributed by atoms with Gasteiger partial charge in [-0.05, 0) is 83.0 Å². The Morgan fingerprint density at radius 1 is 0.733 bits per heavy atom. The molecule has 6 amide bonds. The summed E-state index contributed by atoms with van der Waals surface area (Å²) in [6.07, 6.45) is 7.98. The molecule has 344 valence electrons. The van der Waals surface area contributed by atoms with Crippen molar-refractivity contribution in [1.29, 1.82) is 0 Å². The molecule has 4 unspecified atom stereocenters. The van der Waals surface area contributed by atoms with Gasteiger partial charge in [0.2, 0.25) is 35.4 Å². The predicted molar refractivity (Wildman–Crippen MR) is 227 cm³/mol.